The van der Waals surface area contributed by atoms with Crippen LogP contribution in [-0.2, 0) is 4.79 Å². The van der Waals surface area contributed by atoms with Crippen molar-refractivity contribution >= 4 is 28.6 Å². The van der Waals surface area contributed by atoms with Crippen LogP contribution in [0.4, 0.5) is 5.69 Å². The van der Waals surface area contributed by atoms with E-state index < -0.39 is 0 Å². The van der Waals surface area contributed by atoms with Crippen LogP contribution in [0.15, 0.2) is 48.7 Å². The van der Waals surface area contributed by atoms with Gasteiger partial charge in [0.2, 0.25) is 5.91 Å². The summed E-state index contributed by atoms with van der Waals surface area (Å²) in [6, 6.07) is 11.5. The van der Waals surface area contributed by atoms with Gasteiger partial charge in [0.05, 0.1) is 24.5 Å². The van der Waals surface area contributed by atoms with Crippen molar-refractivity contribution in [1.82, 2.24) is 10.2 Å². The third-order valence-corrected chi connectivity index (χ3v) is 3.53. The summed E-state index contributed by atoms with van der Waals surface area (Å²) in [6.07, 6.45) is 4.96. The van der Waals surface area contributed by atoms with Crippen molar-refractivity contribution in [2.45, 2.75) is 6.92 Å². The van der Waals surface area contributed by atoms with Crippen LogP contribution in [-0.4, -0.2) is 23.2 Å². The summed E-state index contributed by atoms with van der Waals surface area (Å²) in [4.78, 5) is 12.2. The van der Waals surface area contributed by atoms with Crippen LogP contribution in [0.2, 0.25) is 0 Å². The maximum Gasteiger partial charge on any atom is 0.248 e. The third kappa shape index (κ3) is 3.23. The van der Waals surface area contributed by atoms with Crippen molar-refractivity contribution in [2.24, 2.45) is 0 Å². The summed E-state index contributed by atoms with van der Waals surface area (Å²) in [5.41, 5.74) is 3.48. The number of ether oxygens (including phenoxy) is 1. The smallest absolute Gasteiger partial charge is 0.248 e. The molecule has 5 heteroatoms. The molecule has 5 nitrogen and oxygen atoms in total. The number of rotatable bonds is 4. The first-order valence-electron chi connectivity index (χ1n) is 7.23. The van der Waals surface area contributed by atoms with Gasteiger partial charge in [-0.2, -0.15) is 5.10 Å². The molecule has 23 heavy (non-hydrogen) atoms. The molecule has 0 aliphatic carbocycles. The number of nitrogens with one attached hydrogen (secondary N) is 2. The van der Waals surface area contributed by atoms with Gasteiger partial charge < -0.3 is 10.1 Å². The van der Waals surface area contributed by atoms with Crippen molar-refractivity contribution in [3.05, 3.63) is 59.8 Å². The van der Waals surface area contributed by atoms with Crippen LogP contribution in [0.1, 0.15) is 11.1 Å². The summed E-state index contributed by atoms with van der Waals surface area (Å²) < 4.78 is 5.30. The van der Waals surface area contributed by atoms with Crippen LogP contribution in [0.5, 0.6) is 5.75 Å². The molecule has 2 N–H and O–H groups in total. The van der Waals surface area contributed by atoms with E-state index in [0.29, 0.717) is 5.69 Å². The number of benzene rings is 2. The fraction of sp³-hybridized carbons (Fsp3) is 0.111. The second kappa shape index (κ2) is 6.36. The van der Waals surface area contributed by atoms with E-state index in [1.54, 1.807) is 19.4 Å². The molecular formula is C18H17N3O2. The molecule has 0 spiro atoms. The van der Waals surface area contributed by atoms with E-state index in [1.165, 1.54) is 6.08 Å². The number of aromatic nitrogens is 2. The Balaban J connectivity index is 1.79. The predicted octanol–water partition coefficient (Wildman–Crippen LogP) is 3.53. The first-order chi connectivity index (χ1) is 11.2. The molecule has 0 saturated heterocycles. The van der Waals surface area contributed by atoms with Crippen molar-refractivity contribution < 1.29 is 9.53 Å². The number of hydrogen-bond acceptors (Lipinski definition) is 3. The summed E-state index contributed by atoms with van der Waals surface area (Å²) in [5.74, 6) is 0.519. The summed E-state index contributed by atoms with van der Waals surface area (Å²) in [7, 11) is 1.61. The molecule has 0 bridgehead atoms. The second-order valence-electron chi connectivity index (χ2n) is 5.21. The molecule has 2 aromatic carbocycles. The van der Waals surface area contributed by atoms with Crippen molar-refractivity contribution in [1.29, 1.82) is 0 Å². The van der Waals surface area contributed by atoms with E-state index in [4.69, 9.17) is 4.74 Å². The first-order valence-corrected chi connectivity index (χ1v) is 7.23. The normalized spacial score (nSPS) is 11.0. The molecule has 0 aliphatic rings. The average molecular weight is 307 g/mol. The zero-order chi connectivity index (χ0) is 16.2. The minimum atomic E-state index is -0.212. The van der Waals surface area contributed by atoms with Gasteiger partial charge in [-0.3, -0.25) is 9.89 Å². The zero-order valence-electron chi connectivity index (χ0n) is 13.0. The number of carbonyl (C=O) groups is 1. The Morgan fingerprint density at radius 2 is 2.17 bits per heavy atom. The van der Waals surface area contributed by atoms with Gasteiger partial charge in [-0.25, -0.2) is 0 Å². The SMILES string of the molecule is COc1ccc(C)cc1/C=C/C(=O)Nc1cccc2cn[nH]c12. The lowest BCUT2D eigenvalue weighted by Crippen LogP contribution is -2.08. The van der Waals surface area contributed by atoms with Crippen LogP contribution in [0.25, 0.3) is 17.0 Å². The first kappa shape index (κ1) is 14.8. The minimum Gasteiger partial charge on any atom is -0.496 e. The van der Waals surface area contributed by atoms with Crippen molar-refractivity contribution in [3.8, 4) is 5.75 Å². The van der Waals surface area contributed by atoms with Gasteiger partial charge in [-0.1, -0.05) is 23.8 Å². The molecule has 1 heterocycles. The average Bonchev–Trinajstić information content (AvgIpc) is 3.03. The van der Waals surface area contributed by atoms with Crippen molar-refractivity contribution in [2.75, 3.05) is 12.4 Å². The highest BCUT2D eigenvalue weighted by atomic mass is 16.5. The number of aromatic amines is 1. The Bertz CT molecular complexity index is 881. The van der Waals surface area contributed by atoms with E-state index >= 15 is 0 Å². The van der Waals surface area contributed by atoms with Crippen LogP contribution < -0.4 is 10.1 Å². The number of aryl methyl sites for hydroxylation is 1. The van der Waals surface area contributed by atoms with Gasteiger partial charge >= 0.3 is 0 Å². The molecule has 0 radical (unpaired) electrons. The number of fused-ring (bicyclic) bond motifs is 1. The van der Waals surface area contributed by atoms with Gasteiger partial charge in [0, 0.05) is 17.0 Å². The Morgan fingerprint density at radius 3 is 3.00 bits per heavy atom. The number of carbonyl (C=O) groups excluding carboxylic acids is 1. The number of H-pyrrole nitrogens is 1. The molecule has 1 aromatic heterocycles. The fourth-order valence-corrected chi connectivity index (χ4v) is 2.40. The Hall–Kier alpha value is -3.08. The van der Waals surface area contributed by atoms with E-state index in [0.717, 1.165) is 27.8 Å². The lowest BCUT2D eigenvalue weighted by Gasteiger charge is -2.06. The van der Waals surface area contributed by atoms with Gasteiger partial charge in [0.15, 0.2) is 0 Å². The van der Waals surface area contributed by atoms with Crippen LogP contribution in [0, 0.1) is 6.92 Å². The molecule has 116 valence electrons. The summed E-state index contributed by atoms with van der Waals surface area (Å²) >= 11 is 0. The summed E-state index contributed by atoms with van der Waals surface area (Å²) in [6.45, 7) is 2.00. The fourth-order valence-electron chi connectivity index (χ4n) is 2.40. The molecule has 1 amide bonds. The highest BCUT2D eigenvalue weighted by Gasteiger charge is 2.05. The highest BCUT2D eigenvalue weighted by molar-refractivity contribution is 6.06. The molecule has 3 aromatic rings. The number of para-hydroxylation sites is 1. The van der Waals surface area contributed by atoms with Crippen LogP contribution >= 0.6 is 0 Å². The number of hydrogen-bond donors (Lipinski definition) is 2. The molecule has 0 fully saturated rings. The van der Waals surface area contributed by atoms with Gasteiger partial charge in [-0.15, -0.1) is 0 Å². The number of amides is 1. The van der Waals surface area contributed by atoms with E-state index in [9.17, 15) is 4.79 Å². The Morgan fingerprint density at radius 1 is 1.30 bits per heavy atom. The molecular weight excluding hydrogens is 290 g/mol. The standard InChI is InChI=1S/C18H17N3O2/c1-12-6-8-16(23-2)13(10-12)7-9-17(22)20-15-5-3-4-14-11-19-21-18(14)15/h3-11H,1-2H3,(H,19,21)(H,20,22)/b9-7+. The zero-order valence-corrected chi connectivity index (χ0v) is 13.0. The van der Waals surface area contributed by atoms with E-state index in [1.807, 2.05) is 43.3 Å². The molecule has 0 unspecified atom stereocenters. The van der Waals surface area contributed by atoms with Gasteiger partial charge in [0.25, 0.3) is 0 Å². The minimum absolute atomic E-state index is 0.212. The highest BCUT2D eigenvalue weighted by Crippen LogP contribution is 2.22. The molecule has 0 atom stereocenters. The third-order valence-electron chi connectivity index (χ3n) is 3.53. The quantitative estimate of drug-likeness (QED) is 0.725. The lowest BCUT2D eigenvalue weighted by molar-refractivity contribution is -0.111. The summed E-state index contributed by atoms with van der Waals surface area (Å²) in [5, 5.41) is 10.7. The van der Waals surface area contributed by atoms with E-state index in [-0.39, 0.29) is 5.91 Å². The molecule has 0 saturated carbocycles. The predicted molar refractivity (Wildman–Crippen MR) is 91.5 cm³/mol. The van der Waals surface area contributed by atoms with Crippen LogP contribution in [0.3, 0.4) is 0 Å². The largest absolute Gasteiger partial charge is 0.496 e. The lowest BCUT2D eigenvalue weighted by atomic mass is 10.1. The van der Waals surface area contributed by atoms with E-state index in [2.05, 4.69) is 15.5 Å². The number of anilines is 1. The molecule has 0 aliphatic heterocycles. The Labute approximate surface area is 134 Å². The Kier molecular flexibility index (Phi) is 4.10. The monoisotopic (exact) mass is 307 g/mol. The van der Waals surface area contributed by atoms with Crippen molar-refractivity contribution in [3.63, 3.8) is 0 Å². The molecule has 3 rings (SSSR count). The number of methoxy groups -OCH3 is 1. The maximum absolute atomic E-state index is 12.2. The van der Waals surface area contributed by atoms with Gasteiger partial charge in [0.1, 0.15) is 5.75 Å². The topological polar surface area (TPSA) is 67.0 Å². The second-order valence-corrected chi connectivity index (χ2v) is 5.21. The maximum atomic E-state index is 12.2. The number of nitrogens with zero attached hydrogens (tertiary/aromatic N) is 1. The van der Waals surface area contributed by atoms with Gasteiger partial charge in [-0.05, 0) is 31.2 Å².